The summed E-state index contributed by atoms with van der Waals surface area (Å²) < 4.78 is 31.0. The second kappa shape index (κ2) is 4.28. The molecule has 0 radical (unpaired) electrons. The van der Waals surface area contributed by atoms with Crippen LogP contribution in [0.4, 0.5) is 5.69 Å². The summed E-state index contributed by atoms with van der Waals surface area (Å²) in [7, 11) is -4.56. The lowest BCUT2D eigenvalue weighted by Crippen LogP contribution is -2.35. The molecular formula is C8H9NO5S. The van der Waals surface area contributed by atoms with E-state index in [9.17, 15) is 13.2 Å². The van der Waals surface area contributed by atoms with E-state index in [1.165, 1.54) is 24.3 Å². The number of aliphatic carboxylic acids is 1. The van der Waals surface area contributed by atoms with E-state index in [4.69, 9.17) is 9.66 Å². The molecule has 0 heterocycles. The smallest absolute Gasteiger partial charge is 0.360 e. The van der Waals surface area contributed by atoms with Crippen molar-refractivity contribution in [2.45, 2.75) is 0 Å². The Hall–Kier alpha value is -1.60. The molecule has 7 heteroatoms. The number of carboxylic acids is 1. The second-order valence-electron chi connectivity index (χ2n) is 2.71. The van der Waals surface area contributed by atoms with Gasteiger partial charge in [0, 0.05) is 0 Å². The number of rotatable bonds is 4. The Labute approximate surface area is 86.6 Å². The van der Waals surface area contributed by atoms with Crippen molar-refractivity contribution in [3.63, 3.8) is 0 Å². The number of hydrogen-bond donors (Lipinski definition) is 2. The summed E-state index contributed by atoms with van der Waals surface area (Å²) in [6.07, 6.45) is 0. The molecule has 15 heavy (non-hydrogen) atoms. The normalized spacial score (nSPS) is 11.0. The fourth-order valence-electron chi connectivity index (χ4n) is 1.02. The van der Waals surface area contributed by atoms with E-state index in [-0.39, 0.29) is 5.69 Å². The molecule has 1 aromatic carbocycles. The van der Waals surface area contributed by atoms with Crippen molar-refractivity contribution in [1.82, 2.24) is 0 Å². The predicted octanol–water partition coefficient (Wildman–Crippen LogP) is 0.380. The van der Waals surface area contributed by atoms with Gasteiger partial charge in [-0.15, -0.1) is 0 Å². The predicted molar refractivity (Wildman–Crippen MR) is 53.0 cm³/mol. The first kappa shape index (κ1) is 11.5. The number of benzene rings is 1. The van der Waals surface area contributed by atoms with Crippen molar-refractivity contribution in [3.05, 3.63) is 30.3 Å². The van der Waals surface area contributed by atoms with Gasteiger partial charge in [0.15, 0.2) is 0 Å². The van der Waals surface area contributed by atoms with Gasteiger partial charge in [-0.05, 0) is 12.1 Å². The molecule has 2 N–H and O–H groups in total. The van der Waals surface area contributed by atoms with Gasteiger partial charge < -0.3 is 5.11 Å². The first-order valence-corrected chi connectivity index (χ1v) is 5.33. The largest absolute Gasteiger partial charge is 0.480 e. The second-order valence-corrected chi connectivity index (χ2v) is 4.05. The summed E-state index contributed by atoms with van der Waals surface area (Å²) in [6.45, 7) is -0.817. The van der Waals surface area contributed by atoms with Crippen LogP contribution in [0.5, 0.6) is 0 Å². The summed E-state index contributed by atoms with van der Waals surface area (Å²) >= 11 is 0. The van der Waals surface area contributed by atoms with Gasteiger partial charge in [-0.2, -0.15) is 8.42 Å². The summed E-state index contributed by atoms with van der Waals surface area (Å²) in [5.74, 6) is -1.35. The third kappa shape index (κ3) is 3.22. The first-order valence-electron chi connectivity index (χ1n) is 3.93. The van der Waals surface area contributed by atoms with Crippen molar-refractivity contribution in [3.8, 4) is 0 Å². The van der Waals surface area contributed by atoms with Crippen LogP contribution < -0.4 is 4.31 Å². The number of anilines is 1. The molecule has 1 rings (SSSR count). The van der Waals surface area contributed by atoms with E-state index in [0.29, 0.717) is 4.31 Å². The molecule has 0 aliphatic carbocycles. The molecule has 0 unspecified atom stereocenters. The summed E-state index contributed by atoms with van der Waals surface area (Å²) in [5.41, 5.74) is 0.0994. The van der Waals surface area contributed by atoms with Crippen LogP contribution in [0, 0.1) is 0 Å². The zero-order valence-corrected chi connectivity index (χ0v) is 8.38. The van der Waals surface area contributed by atoms with Crippen LogP contribution in [0.25, 0.3) is 0 Å². The number of para-hydroxylation sites is 1. The van der Waals surface area contributed by atoms with Gasteiger partial charge in [-0.1, -0.05) is 18.2 Å². The third-order valence-electron chi connectivity index (χ3n) is 1.60. The number of nitrogens with zero attached hydrogens (tertiary/aromatic N) is 1. The highest BCUT2D eigenvalue weighted by atomic mass is 32.2. The highest BCUT2D eigenvalue weighted by molar-refractivity contribution is 7.87. The Balaban J connectivity index is 3.08. The molecule has 1 aromatic rings. The minimum absolute atomic E-state index is 0.0994. The van der Waals surface area contributed by atoms with Crippen molar-refractivity contribution in [2.75, 3.05) is 10.8 Å². The first-order chi connectivity index (χ1) is 6.91. The van der Waals surface area contributed by atoms with Gasteiger partial charge in [0.05, 0.1) is 5.69 Å². The lowest BCUT2D eigenvalue weighted by molar-refractivity contribution is -0.135. The standard InChI is InChI=1S/C8H9NO5S/c10-8(11)6-9(15(12,13)14)7-4-2-1-3-5-7/h1-5H,6H2,(H,10,11)(H,12,13,14). The molecule has 0 aromatic heterocycles. The number of carbonyl (C=O) groups is 1. The highest BCUT2D eigenvalue weighted by Gasteiger charge is 2.21. The van der Waals surface area contributed by atoms with Gasteiger partial charge in [-0.25, -0.2) is 4.31 Å². The highest BCUT2D eigenvalue weighted by Crippen LogP contribution is 2.15. The summed E-state index contributed by atoms with van der Waals surface area (Å²) in [4.78, 5) is 10.4. The molecule has 6 nitrogen and oxygen atoms in total. The van der Waals surface area contributed by atoms with E-state index in [2.05, 4.69) is 0 Å². The molecule has 0 fully saturated rings. The molecular weight excluding hydrogens is 222 g/mol. The fraction of sp³-hybridized carbons (Fsp3) is 0.125. The van der Waals surface area contributed by atoms with E-state index in [1.54, 1.807) is 6.07 Å². The third-order valence-corrected chi connectivity index (χ3v) is 2.50. The average molecular weight is 231 g/mol. The molecule has 0 atom stereocenters. The van der Waals surface area contributed by atoms with Gasteiger partial charge in [0.2, 0.25) is 0 Å². The maximum atomic E-state index is 10.9. The molecule has 0 saturated carbocycles. The Bertz CT molecular complexity index is 441. The van der Waals surface area contributed by atoms with E-state index >= 15 is 0 Å². The Morgan fingerprint density at radius 2 is 1.80 bits per heavy atom. The van der Waals surface area contributed by atoms with Gasteiger partial charge in [-0.3, -0.25) is 9.35 Å². The van der Waals surface area contributed by atoms with Crippen LogP contribution in [0.3, 0.4) is 0 Å². The maximum absolute atomic E-state index is 10.9. The van der Waals surface area contributed by atoms with Crippen molar-refractivity contribution < 1.29 is 22.9 Å². The van der Waals surface area contributed by atoms with Crippen LogP contribution in [0.2, 0.25) is 0 Å². The molecule has 0 saturated heterocycles. The monoisotopic (exact) mass is 231 g/mol. The summed E-state index contributed by atoms with van der Waals surface area (Å²) in [6, 6.07) is 7.49. The van der Waals surface area contributed by atoms with Crippen LogP contribution in [0.1, 0.15) is 0 Å². The van der Waals surface area contributed by atoms with Crippen LogP contribution in [-0.2, 0) is 15.1 Å². The lowest BCUT2D eigenvalue weighted by Gasteiger charge is -2.18. The molecule has 0 bridgehead atoms. The summed E-state index contributed by atoms with van der Waals surface area (Å²) in [5, 5.41) is 8.49. The Morgan fingerprint density at radius 1 is 1.27 bits per heavy atom. The molecule has 0 aliphatic rings. The van der Waals surface area contributed by atoms with Crippen LogP contribution >= 0.6 is 0 Å². The van der Waals surface area contributed by atoms with Crippen molar-refractivity contribution in [2.24, 2.45) is 0 Å². The van der Waals surface area contributed by atoms with E-state index in [1.807, 2.05) is 0 Å². The SMILES string of the molecule is O=C(O)CN(c1ccccc1)S(=O)(=O)O. The van der Waals surface area contributed by atoms with Gasteiger partial charge in [0.25, 0.3) is 0 Å². The fourth-order valence-corrected chi connectivity index (χ4v) is 1.68. The quantitative estimate of drug-likeness (QED) is 0.730. The topological polar surface area (TPSA) is 94.9 Å². The molecule has 0 amide bonds. The lowest BCUT2D eigenvalue weighted by atomic mass is 10.3. The van der Waals surface area contributed by atoms with Gasteiger partial charge >= 0.3 is 16.3 Å². The van der Waals surface area contributed by atoms with Crippen molar-refractivity contribution >= 4 is 22.0 Å². The zero-order valence-electron chi connectivity index (χ0n) is 7.57. The van der Waals surface area contributed by atoms with E-state index < -0.39 is 22.8 Å². The minimum atomic E-state index is -4.56. The number of carboxylic acid groups (broad SMARTS) is 1. The molecule has 82 valence electrons. The van der Waals surface area contributed by atoms with Gasteiger partial charge in [0.1, 0.15) is 6.54 Å². The Morgan fingerprint density at radius 3 is 2.20 bits per heavy atom. The van der Waals surface area contributed by atoms with E-state index in [0.717, 1.165) is 0 Å². The molecule has 0 spiro atoms. The van der Waals surface area contributed by atoms with Crippen molar-refractivity contribution in [1.29, 1.82) is 0 Å². The number of hydrogen-bond acceptors (Lipinski definition) is 3. The zero-order chi connectivity index (χ0) is 11.5. The van der Waals surface area contributed by atoms with Crippen LogP contribution in [-0.4, -0.2) is 30.6 Å². The minimum Gasteiger partial charge on any atom is -0.480 e. The van der Waals surface area contributed by atoms with Crippen LogP contribution in [0.15, 0.2) is 30.3 Å². The Kier molecular flexibility index (Phi) is 3.28. The molecule has 0 aliphatic heterocycles. The maximum Gasteiger partial charge on any atom is 0.360 e. The average Bonchev–Trinajstić information content (AvgIpc) is 2.14.